The second-order valence-corrected chi connectivity index (χ2v) is 6.76. The average Bonchev–Trinajstić information content (AvgIpc) is 3.10. The first kappa shape index (κ1) is 14.8. The molecule has 0 saturated heterocycles. The molecule has 0 bridgehead atoms. The molecule has 0 spiro atoms. The van der Waals surface area contributed by atoms with E-state index in [1.54, 1.807) is 0 Å². The van der Waals surface area contributed by atoms with Gasteiger partial charge in [-0.25, -0.2) is 4.98 Å². The summed E-state index contributed by atoms with van der Waals surface area (Å²) in [6.45, 7) is 9.87. The van der Waals surface area contributed by atoms with Crippen molar-refractivity contribution in [3.63, 3.8) is 0 Å². The fourth-order valence-corrected chi connectivity index (χ4v) is 3.07. The zero-order chi connectivity index (χ0) is 13.7. The lowest BCUT2D eigenvalue weighted by Gasteiger charge is -2.20. The summed E-state index contributed by atoms with van der Waals surface area (Å²) in [6.07, 6.45) is 5.24. The van der Waals surface area contributed by atoms with Gasteiger partial charge in [-0.2, -0.15) is 0 Å². The summed E-state index contributed by atoms with van der Waals surface area (Å²) in [5, 5.41) is 6.91. The molecule has 1 aromatic heterocycles. The molecule has 0 aromatic carbocycles. The van der Waals surface area contributed by atoms with Gasteiger partial charge in [0.2, 0.25) is 0 Å². The van der Waals surface area contributed by atoms with Crippen molar-refractivity contribution in [2.75, 3.05) is 18.0 Å². The van der Waals surface area contributed by atoms with Gasteiger partial charge >= 0.3 is 0 Å². The first-order valence-electron chi connectivity index (χ1n) is 7.62. The van der Waals surface area contributed by atoms with Crippen molar-refractivity contribution >= 4 is 16.5 Å². The smallest absolute Gasteiger partial charge is 0.185 e. The molecule has 1 aliphatic carbocycles. The van der Waals surface area contributed by atoms with E-state index in [1.165, 1.54) is 43.1 Å². The van der Waals surface area contributed by atoms with Crippen LogP contribution >= 0.6 is 11.3 Å². The predicted molar refractivity (Wildman–Crippen MR) is 83.9 cm³/mol. The third kappa shape index (κ3) is 4.77. The quantitative estimate of drug-likeness (QED) is 0.749. The molecule has 4 heteroatoms. The molecule has 19 heavy (non-hydrogen) atoms. The fourth-order valence-electron chi connectivity index (χ4n) is 2.15. The summed E-state index contributed by atoms with van der Waals surface area (Å²) in [6, 6.07) is 0.772. The van der Waals surface area contributed by atoms with Gasteiger partial charge in [-0.3, -0.25) is 0 Å². The van der Waals surface area contributed by atoms with E-state index in [2.05, 4.69) is 36.4 Å². The topological polar surface area (TPSA) is 28.2 Å². The van der Waals surface area contributed by atoms with E-state index in [4.69, 9.17) is 4.98 Å². The molecule has 0 aliphatic heterocycles. The van der Waals surface area contributed by atoms with Crippen molar-refractivity contribution in [1.29, 1.82) is 0 Å². The van der Waals surface area contributed by atoms with Gasteiger partial charge in [-0.15, -0.1) is 11.3 Å². The molecule has 1 aromatic rings. The number of hydrogen-bond acceptors (Lipinski definition) is 4. The van der Waals surface area contributed by atoms with Crippen molar-refractivity contribution in [1.82, 2.24) is 10.3 Å². The summed E-state index contributed by atoms with van der Waals surface area (Å²) in [7, 11) is 0. The third-order valence-electron chi connectivity index (χ3n) is 3.38. The zero-order valence-electron chi connectivity index (χ0n) is 12.5. The van der Waals surface area contributed by atoms with E-state index >= 15 is 0 Å². The number of nitrogens with one attached hydrogen (secondary N) is 1. The molecule has 1 saturated carbocycles. The number of aromatic nitrogens is 1. The maximum absolute atomic E-state index is 4.80. The van der Waals surface area contributed by atoms with Gasteiger partial charge in [0.1, 0.15) is 0 Å². The number of nitrogens with zero attached hydrogens (tertiary/aromatic N) is 2. The molecule has 1 fully saturated rings. The standard InChI is InChI=1S/C15H27N3S/c1-4-5-8-18(14-6-7-14)15-17-13(11-19-15)10-16-9-12(2)3/h11-12,14,16H,4-10H2,1-3H3. The Hall–Kier alpha value is -0.610. The van der Waals surface area contributed by atoms with E-state index in [9.17, 15) is 0 Å². The Kier molecular flexibility index (Phi) is 5.64. The predicted octanol–water partition coefficient (Wildman–Crippen LogP) is 3.66. The van der Waals surface area contributed by atoms with Crippen molar-refractivity contribution in [3.8, 4) is 0 Å². The number of anilines is 1. The number of rotatable bonds is 9. The van der Waals surface area contributed by atoms with Gasteiger partial charge in [0.25, 0.3) is 0 Å². The van der Waals surface area contributed by atoms with Crippen LogP contribution in [0.15, 0.2) is 5.38 Å². The van der Waals surface area contributed by atoms with Gasteiger partial charge in [-0.1, -0.05) is 27.2 Å². The lowest BCUT2D eigenvalue weighted by atomic mass is 10.2. The molecule has 0 amide bonds. The Morgan fingerprint density at radius 3 is 2.89 bits per heavy atom. The van der Waals surface area contributed by atoms with Gasteiger partial charge < -0.3 is 10.2 Å². The van der Waals surface area contributed by atoms with Crippen LogP contribution < -0.4 is 10.2 Å². The highest BCUT2D eigenvalue weighted by Crippen LogP contribution is 2.33. The van der Waals surface area contributed by atoms with Gasteiger partial charge in [0, 0.05) is 24.5 Å². The Bertz CT molecular complexity index is 371. The lowest BCUT2D eigenvalue weighted by molar-refractivity contribution is 0.549. The summed E-state index contributed by atoms with van der Waals surface area (Å²) in [5.74, 6) is 0.700. The van der Waals surface area contributed by atoms with E-state index in [0.717, 1.165) is 19.1 Å². The Morgan fingerprint density at radius 1 is 1.47 bits per heavy atom. The zero-order valence-corrected chi connectivity index (χ0v) is 13.3. The van der Waals surface area contributed by atoms with Gasteiger partial charge in [0.05, 0.1) is 5.69 Å². The number of unbranched alkanes of at least 4 members (excludes halogenated alkanes) is 1. The Morgan fingerprint density at radius 2 is 2.26 bits per heavy atom. The number of hydrogen-bond donors (Lipinski definition) is 1. The normalized spacial score (nSPS) is 15.2. The van der Waals surface area contributed by atoms with Gasteiger partial charge in [-0.05, 0) is 31.7 Å². The molecule has 1 heterocycles. The second-order valence-electron chi connectivity index (χ2n) is 5.92. The van der Waals surface area contributed by atoms with Crippen LogP contribution in [-0.2, 0) is 6.54 Å². The van der Waals surface area contributed by atoms with E-state index in [-0.39, 0.29) is 0 Å². The largest absolute Gasteiger partial charge is 0.345 e. The van der Waals surface area contributed by atoms with Crippen molar-refractivity contribution in [2.24, 2.45) is 5.92 Å². The lowest BCUT2D eigenvalue weighted by Crippen LogP contribution is -2.26. The molecule has 1 N–H and O–H groups in total. The maximum Gasteiger partial charge on any atom is 0.185 e. The average molecular weight is 281 g/mol. The van der Waals surface area contributed by atoms with Crippen LogP contribution in [-0.4, -0.2) is 24.1 Å². The molecule has 2 rings (SSSR count). The van der Waals surface area contributed by atoms with Crippen molar-refractivity contribution in [3.05, 3.63) is 11.1 Å². The van der Waals surface area contributed by atoms with Crippen molar-refractivity contribution < 1.29 is 0 Å². The minimum atomic E-state index is 0.700. The molecular formula is C15H27N3S. The molecule has 0 atom stereocenters. The summed E-state index contributed by atoms with van der Waals surface area (Å²) >= 11 is 1.81. The summed E-state index contributed by atoms with van der Waals surface area (Å²) in [4.78, 5) is 7.33. The summed E-state index contributed by atoms with van der Waals surface area (Å²) < 4.78 is 0. The first-order chi connectivity index (χ1) is 9.20. The second kappa shape index (κ2) is 7.25. The van der Waals surface area contributed by atoms with Crippen LogP contribution in [0.2, 0.25) is 0 Å². The first-order valence-corrected chi connectivity index (χ1v) is 8.50. The van der Waals surface area contributed by atoms with Crippen LogP contribution in [0.4, 0.5) is 5.13 Å². The highest BCUT2D eigenvalue weighted by atomic mass is 32.1. The Labute approximate surface area is 121 Å². The van der Waals surface area contributed by atoms with Crippen molar-refractivity contribution in [2.45, 2.75) is 59.0 Å². The molecule has 0 radical (unpaired) electrons. The fraction of sp³-hybridized carbons (Fsp3) is 0.800. The minimum Gasteiger partial charge on any atom is -0.345 e. The van der Waals surface area contributed by atoms with Crippen LogP contribution in [0.1, 0.15) is 52.1 Å². The maximum atomic E-state index is 4.80. The molecule has 3 nitrogen and oxygen atoms in total. The van der Waals surface area contributed by atoms with E-state index in [1.807, 2.05) is 11.3 Å². The van der Waals surface area contributed by atoms with Crippen LogP contribution in [0.3, 0.4) is 0 Å². The highest BCUT2D eigenvalue weighted by molar-refractivity contribution is 7.13. The highest BCUT2D eigenvalue weighted by Gasteiger charge is 2.30. The monoisotopic (exact) mass is 281 g/mol. The molecule has 1 aliphatic rings. The van der Waals surface area contributed by atoms with E-state index < -0.39 is 0 Å². The molecular weight excluding hydrogens is 254 g/mol. The van der Waals surface area contributed by atoms with Gasteiger partial charge in [0.15, 0.2) is 5.13 Å². The summed E-state index contributed by atoms with van der Waals surface area (Å²) in [5.41, 5.74) is 1.20. The minimum absolute atomic E-state index is 0.700. The number of thiazole rings is 1. The molecule has 108 valence electrons. The SMILES string of the molecule is CCCCN(c1nc(CNCC(C)C)cs1)C1CC1. The van der Waals surface area contributed by atoms with Crippen LogP contribution in [0.25, 0.3) is 0 Å². The van der Waals surface area contributed by atoms with Crippen LogP contribution in [0.5, 0.6) is 0 Å². The Balaban J connectivity index is 1.86. The van der Waals surface area contributed by atoms with Crippen LogP contribution in [0, 0.1) is 5.92 Å². The third-order valence-corrected chi connectivity index (χ3v) is 4.31. The van der Waals surface area contributed by atoms with E-state index in [0.29, 0.717) is 5.92 Å². The molecule has 0 unspecified atom stereocenters.